The summed E-state index contributed by atoms with van der Waals surface area (Å²) in [6, 6.07) is 9.50. The molecule has 2 aromatic carbocycles. The predicted octanol–water partition coefficient (Wildman–Crippen LogP) is 3.25. The van der Waals surface area contributed by atoms with Crippen LogP contribution in [0.5, 0.6) is 0 Å². The van der Waals surface area contributed by atoms with Crippen molar-refractivity contribution in [2.24, 2.45) is 0 Å². The summed E-state index contributed by atoms with van der Waals surface area (Å²) in [5.41, 5.74) is 13.5. The van der Waals surface area contributed by atoms with Crippen molar-refractivity contribution in [1.82, 2.24) is 9.97 Å². The largest absolute Gasteiger partial charge is 0.399 e. The number of aromatic nitrogens is 2. The highest BCUT2D eigenvalue weighted by atomic mass is 35.5. The fourth-order valence-corrected chi connectivity index (χ4v) is 2.11. The fraction of sp³-hybridized carbons (Fsp3) is 0. The van der Waals surface area contributed by atoms with E-state index in [4.69, 9.17) is 23.1 Å². The monoisotopic (exact) mass is 288 g/mol. The lowest BCUT2D eigenvalue weighted by Gasteiger charge is -2.07. The lowest BCUT2D eigenvalue weighted by atomic mass is 10.1. The molecule has 0 fully saturated rings. The molecule has 0 aliphatic heterocycles. The van der Waals surface area contributed by atoms with Gasteiger partial charge in [0.05, 0.1) is 10.5 Å². The van der Waals surface area contributed by atoms with Crippen LogP contribution in [-0.2, 0) is 0 Å². The van der Waals surface area contributed by atoms with E-state index >= 15 is 0 Å². The van der Waals surface area contributed by atoms with Crippen molar-refractivity contribution < 1.29 is 4.39 Å². The van der Waals surface area contributed by atoms with Crippen molar-refractivity contribution in [3.8, 4) is 11.4 Å². The van der Waals surface area contributed by atoms with Gasteiger partial charge in [-0.2, -0.15) is 0 Å². The van der Waals surface area contributed by atoms with E-state index < -0.39 is 5.82 Å². The Hall–Kier alpha value is -2.40. The first kappa shape index (κ1) is 12.6. The van der Waals surface area contributed by atoms with E-state index in [2.05, 4.69) is 9.97 Å². The molecule has 1 heterocycles. The summed E-state index contributed by atoms with van der Waals surface area (Å²) in [6.45, 7) is 0. The van der Waals surface area contributed by atoms with Gasteiger partial charge in [0.25, 0.3) is 0 Å². The van der Waals surface area contributed by atoms with Gasteiger partial charge < -0.3 is 11.5 Å². The van der Waals surface area contributed by atoms with Crippen LogP contribution in [0.25, 0.3) is 22.3 Å². The van der Waals surface area contributed by atoms with Crippen LogP contribution in [0.1, 0.15) is 0 Å². The Kier molecular flexibility index (Phi) is 2.91. The molecule has 0 bridgehead atoms. The van der Waals surface area contributed by atoms with Crippen LogP contribution in [0, 0.1) is 5.82 Å². The second-order valence-corrected chi connectivity index (χ2v) is 4.75. The molecule has 0 aliphatic rings. The smallest absolute Gasteiger partial charge is 0.162 e. The molecule has 0 unspecified atom stereocenters. The number of nitrogens with two attached hydrogens (primary N) is 2. The number of benzene rings is 2. The van der Waals surface area contributed by atoms with E-state index in [0.717, 1.165) is 0 Å². The van der Waals surface area contributed by atoms with Crippen molar-refractivity contribution in [1.29, 1.82) is 0 Å². The molecular weight excluding hydrogens is 279 g/mol. The number of hydrogen-bond acceptors (Lipinski definition) is 4. The maximum atomic E-state index is 13.2. The Labute approximate surface area is 119 Å². The zero-order chi connectivity index (χ0) is 14.3. The quantitative estimate of drug-likeness (QED) is 0.674. The molecule has 100 valence electrons. The number of hydrogen-bond donors (Lipinski definition) is 2. The Morgan fingerprint density at radius 1 is 1.00 bits per heavy atom. The maximum absolute atomic E-state index is 13.2. The number of nitrogens with zero attached hydrogens (tertiary/aromatic N) is 2. The van der Waals surface area contributed by atoms with Crippen LogP contribution in [0.3, 0.4) is 0 Å². The van der Waals surface area contributed by atoms with Crippen molar-refractivity contribution >= 4 is 34.0 Å². The van der Waals surface area contributed by atoms with Gasteiger partial charge in [-0.05, 0) is 36.4 Å². The highest BCUT2D eigenvalue weighted by Gasteiger charge is 2.09. The van der Waals surface area contributed by atoms with Gasteiger partial charge in [0.1, 0.15) is 11.6 Å². The van der Waals surface area contributed by atoms with E-state index in [-0.39, 0.29) is 5.02 Å². The number of fused-ring (bicyclic) bond motifs is 1. The Bertz CT molecular complexity index is 820. The molecule has 0 aliphatic carbocycles. The first-order valence-corrected chi connectivity index (χ1v) is 6.20. The Morgan fingerprint density at radius 3 is 2.55 bits per heavy atom. The third kappa shape index (κ3) is 2.12. The van der Waals surface area contributed by atoms with Crippen LogP contribution in [0.2, 0.25) is 5.02 Å². The summed E-state index contributed by atoms with van der Waals surface area (Å²) in [5.74, 6) is 0.219. The molecule has 0 amide bonds. The number of rotatable bonds is 1. The molecule has 0 radical (unpaired) electrons. The van der Waals surface area contributed by atoms with Gasteiger partial charge >= 0.3 is 0 Å². The molecule has 0 spiro atoms. The van der Waals surface area contributed by atoms with Gasteiger partial charge in [-0.3, -0.25) is 0 Å². The lowest BCUT2D eigenvalue weighted by molar-refractivity contribution is 0.628. The summed E-state index contributed by atoms with van der Waals surface area (Å²) in [5, 5.41) is 0.698. The Balaban J connectivity index is 2.21. The minimum Gasteiger partial charge on any atom is -0.399 e. The second-order valence-electron chi connectivity index (χ2n) is 4.34. The van der Waals surface area contributed by atoms with Crippen molar-refractivity contribution in [3.63, 3.8) is 0 Å². The minimum absolute atomic E-state index is 0.0158. The molecule has 1 aromatic heterocycles. The van der Waals surface area contributed by atoms with E-state index in [1.807, 2.05) is 0 Å². The highest BCUT2D eigenvalue weighted by molar-refractivity contribution is 6.31. The van der Waals surface area contributed by atoms with Crippen molar-refractivity contribution in [2.45, 2.75) is 0 Å². The first-order valence-electron chi connectivity index (χ1n) is 5.83. The van der Waals surface area contributed by atoms with Crippen LogP contribution < -0.4 is 11.5 Å². The summed E-state index contributed by atoms with van der Waals surface area (Å²) in [4.78, 5) is 8.60. The van der Waals surface area contributed by atoms with Gasteiger partial charge in [0.15, 0.2) is 5.82 Å². The summed E-state index contributed by atoms with van der Waals surface area (Å²) in [6.07, 6.45) is 0. The second kappa shape index (κ2) is 4.61. The molecule has 6 heteroatoms. The zero-order valence-corrected chi connectivity index (χ0v) is 11.0. The lowest BCUT2D eigenvalue weighted by Crippen LogP contribution is -1.99. The number of anilines is 2. The van der Waals surface area contributed by atoms with Crippen molar-refractivity contribution in [3.05, 3.63) is 47.2 Å². The molecule has 0 saturated heterocycles. The first-order chi connectivity index (χ1) is 9.54. The van der Waals surface area contributed by atoms with Crippen molar-refractivity contribution in [2.75, 3.05) is 11.5 Å². The minimum atomic E-state index is -0.489. The zero-order valence-electron chi connectivity index (χ0n) is 10.3. The third-order valence-corrected chi connectivity index (χ3v) is 3.22. The average molecular weight is 289 g/mol. The third-order valence-electron chi connectivity index (χ3n) is 2.93. The van der Waals surface area contributed by atoms with Gasteiger partial charge in [-0.25, -0.2) is 14.4 Å². The van der Waals surface area contributed by atoms with E-state index in [0.29, 0.717) is 33.8 Å². The molecular formula is C14H10ClFN4. The standard InChI is InChI=1S/C14H10ClFN4/c15-10-5-7(1-3-11(10)16)14-19-12-4-2-8(17)6-9(12)13(18)20-14/h1-6H,17H2,(H2,18,19,20). The molecule has 3 rings (SSSR count). The Morgan fingerprint density at radius 2 is 1.80 bits per heavy atom. The van der Waals surface area contributed by atoms with Crippen LogP contribution >= 0.6 is 11.6 Å². The average Bonchev–Trinajstić information content (AvgIpc) is 2.42. The van der Waals surface area contributed by atoms with E-state index in [1.54, 1.807) is 24.3 Å². The van der Waals surface area contributed by atoms with Gasteiger partial charge in [-0.1, -0.05) is 11.6 Å². The van der Waals surface area contributed by atoms with Crippen LogP contribution in [0.15, 0.2) is 36.4 Å². The fourth-order valence-electron chi connectivity index (χ4n) is 1.93. The molecule has 4 N–H and O–H groups in total. The number of halogens is 2. The molecule has 20 heavy (non-hydrogen) atoms. The summed E-state index contributed by atoms with van der Waals surface area (Å²) >= 11 is 5.76. The number of nitrogen functional groups attached to an aromatic ring is 2. The SMILES string of the molecule is Nc1ccc2nc(-c3ccc(F)c(Cl)c3)nc(N)c2c1. The highest BCUT2D eigenvalue weighted by Crippen LogP contribution is 2.27. The molecule has 0 atom stereocenters. The van der Waals surface area contributed by atoms with Crippen LogP contribution in [0.4, 0.5) is 15.9 Å². The topological polar surface area (TPSA) is 77.8 Å². The predicted molar refractivity (Wildman–Crippen MR) is 78.8 cm³/mol. The summed E-state index contributed by atoms with van der Waals surface area (Å²) in [7, 11) is 0. The maximum Gasteiger partial charge on any atom is 0.162 e. The molecule has 0 saturated carbocycles. The van der Waals surface area contributed by atoms with Gasteiger partial charge in [0, 0.05) is 16.6 Å². The normalized spacial score (nSPS) is 10.9. The van der Waals surface area contributed by atoms with E-state index in [1.165, 1.54) is 12.1 Å². The van der Waals surface area contributed by atoms with Gasteiger partial charge in [0.2, 0.25) is 0 Å². The van der Waals surface area contributed by atoms with Gasteiger partial charge in [-0.15, -0.1) is 0 Å². The molecule has 4 nitrogen and oxygen atoms in total. The van der Waals surface area contributed by atoms with Crippen LogP contribution in [-0.4, -0.2) is 9.97 Å². The van der Waals surface area contributed by atoms with E-state index in [9.17, 15) is 4.39 Å². The summed E-state index contributed by atoms with van der Waals surface area (Å²) < 4.78 is 13.2. The molecule has 3 aromatic rings.